The number of thioether (sulfide) groups is 1. The Morgan fingerprint density at radius 2 is 1.74 bits per heavy atom. The maximum Gasteiger partial charge on any atom is 0.275 e. The lowest BCUT2D eigenvalue weighted by Gasteiger charge is -2.32. The third-order valence-electron chi connectivity index (χ3n) is 9.31. The van der Waals surface area contributed by atoms with Crippen LogP contribution in [0, 0.1) is 5.92 Å². The third-order valence-corrected chi connectivity index (χ3v) is 10.3. The zero-order chi connectivity index (χ0) is 29.1. The third kappa shape index (κ3) is 6.44. The van der Waals surface area contributed by atoms with Gasteiger partial charge in [-0.3, -0.25) is 9.36 Å². The molecule has 2 saturated heterocycles. The molecule has 7 nitrogen and oxygen atoms in total. The number of anilines is 2. The fourth-order valence-electron chi connectivity index (χ4n) is 6.65. The first-order valence-corrected chi connectivity index (χ1v) is 16.7. The van der Waals surface area contributed by atoms with E-state index in [4.69, 9.17) is 0 Å². The van der Waals surface area contributed by atoms with Gasteiger partial charge in [0.25, 0.3) is 11.5 Å². The molecule has 2 aromatic heterocycles. The maximum atomic E-state index is 15.5. The van der Waals surface area contributed by atoms with E-state index in [0.29, 0.717) is 36.0 Å². The molecule has 4 aliphatic rings. The van der Waals surface area contributed by atoms with E-state index in [1.165, 1.54) is 6.33 Å². The van der Waals surface area contributed by atoms with E-state index in [9.17, 15) is 4.79 Å². The Morgan fingerprint density at radius 1 is 0.952 bits per heavy atom. The van der Waals surface area contributed by atoms with Gasteiger partial charge in [0.2, 0.25) is 0 Å². The number of pyridine rings is 1. The van der Waals surface area contributed by atoms with Crippen LogP contribution in [0.3, 0.4) is 0 Å². The molecule has 0 aliphatic carbocycles. The van der Waals surface area contributed by atoms with Crippen LogP contribution in [0.4, 0.5) is 20.3 Å². The van der Waals surface area contributed by atoms with Crippen LogP contribution in [0.1, 0.15) is 69.0 Å². The Kier molecular flexibility index (Phi) is 9.00. The zero-order valence-corrected chi connectivity index (χ0v) is 25.4. The Hall–Kier alpha value is -2.72. The molecular formula is C32H42F2N6OS. The number of alkyl halides is 2. The monoisotopic (exact) mass is 596 g/mol. The summed E-state index contributed by atoms with van der Waals surface area (Å²) in [6, 6.07) is 8.47. The molecule has 226 valence electrons. The molecule has 1 aromatic carbocycles. The van der Waals surface area contributed by atoms with Gasteiger partial charge in [-0.2, -0.15) is 11.8 Å². The minimum absolute atomic E-state index is 0.00231. The number of rotatable bonds is 1. The second kappa shape index (κ2) is 12.9. The van der Waals surface area contributed by atoms with Crippen molar-refractivity contribution in [2.24, 2.45) is 5.92 Å². The second-order valence-electron chi connectivity index (χ2n) is 12.1. The van der Waals surface area contributed by atoms with Crippen molar-refractivity contribution in [3.05, 3.63) is 58.1 Å². The summed E-state index contributed by atoms with van der Waals surface area (Å²) >= 11 is 1.91. The van der Waals surface area contributed by atoms with Gasteiger partial charge in [-0.05, 0) is 82.3 Å². The van der Waals surface area contributed by atoms with Crippen molar-refractivity contribution in [1.82, 2.24) is 19.4 Å². The first-order valence-electron chi connectivity index (χ1n) is 15.6. The lowest BCUT2D eigenvalue weighted by atomic mass is 9.89. The minimum Gasteiger partial charge on any atom is -0.365 e. The molecule has 1 N–H and O–H groups in total. The van der Waals surface area contributed by atoms with Gasteiger partial charge in [-0.15, -0.1) is 0 Å². The van der Waals surface area contributed by atoms with E-state index < -0.39 is 5.92 Å². The van der Waals surface area contributed by atoms with Crippen LogP contribution in [-0.2, 0) is 12.5 Å². The van der Waals surface area contributed by atoms with Gasteiger partial charge in [-0.1, -0.05) is 24.6 Å². The molecule has 0 spiro atoms. The van der Waals surface area contributed by atoms with Gasteiger partial charge in [0.05, 0.1) is 5.39 Å². The van der Waals surface area contributed by atoms with Crippen molar-refractivity contribution in [1.29, 1.82) is 0 Å². The summed E-state index contributed by atoms with van der Waals surface area (Å²) in [4.78, 5) is 27.7. The summed E-state index contributed by atoms with van der Waals surface area (Å²) in [5.74, 6) is 0.0768. The van der Waals surface area contributed by atoms with Gasteiger partial charge in [0.1, 0.15) is 23.5 Å². The molecule has 3 aromatic rings. The number of aryl methyl sites for hydroxylation is 1. The number of aromatic nitrogens is 3. The van der Waals surface area contributed by atoms with E-state index in [1.807, 2.05) is 35.4 Å². The molecule has 10 heteroatoms. The van der Waals surface area contributed by atoms with Crippen molar-refractivity contribution in [2.75, 3.05) is 54.4 Å². The minimum atomic E-state index is -2.87. The fraction of sp³-hybridized carbons (Fsp3) is 0.594. The van der Waals surface area contributed by atoms with Gasteiger partial charge in [0, 0.05) is 49.2 Å². The predicted molar refractivity (Wildman–Crippen MR) is 168 cm³/mol. The first-order chi connectivity index (χ1) is 20.4. The van der Waals surface area contributed by atoms with E-state index >= 15 is 8.78 Å². The van der Waals surface area contributed by atoms with Gasteiger partial charge in [0.15, 0.2) is 0 Å². The number of nitrogens with zero attached hydrogens (tertiary/aromatic N) is 5. The van der Waals surface area contributed by atoms with Crippen LogP contribution >= 0.6 is 11.8 Å². The largest absolute Gasteiger partial charge is 0.365 e. The smallest absolute Gasteiger partial charge is 0.275 e. The van der Waals surface area contributed by atoms with E-state index in [-0.39, 0.29) is 23.6 Å². The molecule has 6 heterocycles. The maximum absolute atomic E-state index is 15.5. The van der Waals surface area contributed by atoms with E-state index in [2.05, 4.69) is 25.1 Å². The Labute approximate surface area is 251 Å². The summed E-state index contributed by atoms with van der Waals surface area (Å²) in [6.07, 6.45) is 6.89. The second-order valence-corrected chi connectivity index (χ2v) is 13.4. The lowest BCUT2D eigenvalue weighted by molar-refractivity contribution is -0.0217. The summed E-state index contributed by atoms with van der Waals surface area (Å²) < 4.78 is 32.7. The molecule has 8 bridgehead atoms. The number of nitrogens with one attached hydrogen (secondary N) is 1. The lowest BCUT2D eigenvalue weighted by Crippen LogP contribution is -2.38. The normalized spacial score (nSPS) is 25.6. The predicted octanol–water partition coefficient (Wildman–Crippen LogP) is 6.29. The molecule has 7 rings (SSSR count). The van der Waals surface area contributed by atoms with Gasteiger partial charge >= 0.3 is 0 Å². The van der Waals surface area contributed by atoms with E-state index in [1.54, 1.807) is 18.2 Å². The standard InChI is InChI=1S/C32H42F2N6OS/c1-23-25-6-5-7-26(20-25)32(33,34)11-8-24-9-14-38(15-10-24)12-3-2-4-13-40-30-27(29(37-23)35-22-36-30)21-28(31(40)41)39-16-18-42-19-17-39/h5-7,20-24H,2-4,8-19H2,1H3,(H,35,36,37)/t23-/m1/s1. The van der Waals surface area contributed by atoms with Crippen LogP contribution < -0.4 is 15.8 Å². The SMILES string of the molecule is C[C@H]1Nc2ncnc3c2cc(N2CCSCC2)c(=O)n3CCCCCN2CCC(CC2)CCC(F)(F)c2cccc1c2. The van der Waals surface area contributed by atoms with Crippen molar-refractivity contribution < 1.29 is 8.78 Å². The Balaban J connectivity index is 1.38. The molecule has 0 radical (unpaired) electrons. The van der Waals surface area contributed by atoms with Crippen molar-refractivity contribution >= 4 is 34.3 Å². The Bertz CT molecular complexity index is 1430. The average Bonchev–Trinajstić information content (AvgIpc) is 3.01. The molecule has 2 fully saturated rings. The van der Waals surface area contributed by atoms with E-state index in [0.717, 1.165) is 87.3 Å². The Morgan fingerprint density at radius 3 is 2.55 bits per heavy atom. The number of hydrogen-bond acceptors (Lipinski definition) is 7. The van der Waals surface area contributed by atoms with Crippen LogP contribution in [0.15, 0.2) is 41.5 Å². The van der Waals surface area contributed by atoms with Crippen LogP contribution in [-0.4, -0.2) is 63.7 Å². The molecular weight excluding hydrogens is 554 g/mol. The van der Waals surface area contributed by atoms with Crippen LogP contribution in [0.5, 0.6) is 0 Å². The summed E-state index contributed by atoms with van der Waals surface area (Å²) in [5.41, 5.74) is 2.16. The molecule has 4 aliphatic heterocycles. The average molecular weight is 597 g/mol. The van der Waals surface area contributed by atoms with Crippen molar-refractivity contribution in [2.45, 2.75) is 70.4 Å². The fourth-order valence-corrected chi connectivity index (χ4v) is 7.56. The number of piperidine rings is 1. The molecule has 42 heavy (non-hydrogen) atoms. The highest BCUT2D eigenvalue weighted by atomic mass is 32.2. The molecule has 0 saturated carbocycles. The number of hydrogen-bond donors (Lipinski definition) is 1. The zero-order valence-electron chi connectivity index (χ0n) is 24.5. The summed E-state index contributed by atoms with van der Waals surface area (Å²) in [5, 5.41) is 4.26. The number of benzene rings is 1. The highest BCUT2D eigenvalue weighted by Gasteiger charge is 2.33. The van der Waals surface area contributed by atoms with Crippen molar-refractivity contribution in [3.8, 4) is 0 Å². The van der Waals surface area contributed by atoms with Gasteiger partial charge < -0.3 is 15.1 Å². The molecule has 0 unspecified atom stereocenters. The summed E-state index contributed by atoms with van der Waals surface area (Å²) in [6.45, 7) is 7.21. The van der Waals surface area contributed by atoms with Crippen LogP contribution in [0.2, 0.25) is 0 Å². The van der Waals surface area contributed by atoms with Crippen molar-refractivity contribution in [3.63, 3.8) is 0 Å². The molecule has 0 amide bonds. The highest BCUT2D eigenvalue weighted by Crippen LogP contribution is 2.37. The van der Waals surface area contributed by atoms with Gasteiger partial charge in [-0.25, -0.2) is 18.7 Å². The quantitative estimate of drug-likeness (QED) is 0.354. The summed E-state index contributed by atoms with van der Waals surface area (Å²) in [7, 11) is 0. The molecule has 1 atom stereocenters. The number of halogens is 2. The highest BCUT2D eigenvalue weighted by molar-refractivity contribution is 7.99. The number of fused-ring (bicyclic) bond motifs is 9. The topological polar surface area (TPSA) is 66.3 Å². The first kappa shape index (κ1) is 29.4. The van der Waals surface area contributed by atoms with Crippen LogP contribution in [0.25, 0.3) is 11.0 Å².